The Balaban J connectivity index is 1.32. The normalized spacial score (nSPS) is 33.0. The van der Waals surface area contributed by atoms with Crippen LogP contribution in [0.25, 0.3) is 0 Å². The van der Waals surface area contributed by atoms with E-state index in [-0.39, 0.29) is 29.4 Å². The van der Waals surface area contributed by atoms with Gasteiger partial charge >= 0.3 is 5.69 Å². The Morgan fingerprint density at radius 1 is 1.06 bits per heavy atom. The van der Waals surface area contributed by atoms with E-state index in [2.05, 4.69) is 26.1 Å². The van der Waals surface area contributed by atoms with Crippen LogP contribution in [0.4, 0.5) is 5.69 Å². The molecule has 6 nitrogen and oxygen atoms in total. The number of hydrogen-bond acceptors (Lipinski definition) is 4. The third-order valence-electron chi connectivity index (χ3n) is 10.0. The lowest BCUT2D eigenvalue weighted by Gasteiger charge is -2.66. The summed E-state index contributed by atoms with van der Waals surface area (Å²) in [6.07, 6.45) is 6.35. The van der Waals surface area contributed by atoms with Crippen LogP contribution < -0.4 is 10.1 Å². The molecule has 1 N–H and O–H groups in total. The molecule has 3 saturated carbocycles. The van der Waals surface area contributed by atoms with Crippen LogP contribution >= 0.6 is 0 Å². The van der Waals surface area contributed by atoms with Gasteiger partial charge in [0.05, 0.1) is 4.92 Å². The predicted octanol–water partition coefficient (Wildman–Crippen LogP) is 6.64. The third kappa shape index (κ3) is 4.39. The maximum absolute atomic E-state index is 13.3. The average Bonchev–Trinajstić information content (AvgIpc) is 2.87. The van der Waals surface area contributed by atoms with Crippen molar-refractivity contribution >= 4 is 11.6 Å². The first-order valence-corrected chi connectivity index (χ1v) is 13.5. The van der Waals surface area contributed by atoms with Crippen LogP contribution in [-0.4, -0.2) is 17.4 Å². The molecule has 7 unspecified atom stereocenters. The highest BCUT2D eigenvalue weighted by Crippen LogP contribution is 2.67. The number of nitrogens with zero attached hydrogens (tertiary/aromatic N) is 1. The first-order valence-electron chi connectivity index (χ1n) is 13.5. The standard InChI is InChI=1S/C30H38N2O4/c1-19-13-14-30(25(21(19)3)16-26(30)24-11-9-20(24)2)18-31-29(33)23-10-12-27(32(34)35)28(15-23)36-17-22-7-5-4-6-8-22/h4-8,10,12,15,19-21,24-26H,9,11,13-14,16-18H2,1-3H3,(H,31,33). The number of nitro benzene ring substituents is 1. The number of fused-ring (bicyclic) bond motifs is 1. The molecule has 0 heterocycles. The summed E-state index contributed by atoms with van der Waals surface area (Å²) in [6.45, 7) is 8.06. The van der Waals surface area contributed by atoms with Gasteiger partial charge in [0.1, 0.15) is 6.61 Å². The quantitative estimate of drug-likeness (QED) is 0.332. The molecule has 3 aliphatic rings. The summed E-state index contributed by atoms with van der Waals surface area (Å²) in [4.78, 5) is 24.4. The summed E-state index contributed by atoms with van der Waals surface area (Å²) >= 11 is 0. The molecule has 2 aromatic carbocycles. The molecule has 0 radical (unpaired) electrons. The van der Waals surface area contributed by atoms with Gasteiger partial charge in [-0.2, -0.15) is 0 Å². The van der Waals surface area contributed by atoms with Crippen LogP contribution in [0.15, 0.2) is 48.5 Å². The van der Waals surface area contributed by atoms with Gasteiger partial charge in [-0.15, -0.1) is 0 Å². The third-order valence-corrected chi connectivity index (χ3v) is 10.0. The number of rotatable bonds is 8. The van der Waals surface area contributed by atoms with Crippen LogP contribution in [0, 0.1) is 51.0 Å². The Bertz CT molecular complexity index is 1120. The smallest absolute Gasteiger partial charge is 0.310 e. The van der Waals surface area contributed by atoms with Crippen molar-refractivity contribution in [1.82, 2.24) is 5.32 Å². The molecule has 0 aromatic heterocycles. The van der Waals surface area contributed by atoms with Gasteiger partial charge in [0, 0.05) is 24.2 Å². The molecular formula is C30H38N2O4. The first-order chi connectivity index (χ1) is 17.3. The van der Waals surface area contributed by atoms with E-state index >= 15 is 0 Å². The van der Waals surface area contributed by atoms with Gasteiger partial charge < -0.3 is 10.1 Å². The van der Waals surface area contributed by atoms with Crippen LogP contribution in [-0.2, 0) is 6.61 Å². The molecule has 3 aliphatic carbocycles. The minimum absolute atomic E-state index is 0.123. The van der Waals surface area contributed by atoms with E-state index in [1.807, 2.05) is 30.3 Å². The minimum atomic E-state index is -0.463. The van der Waals surface area contributed by atoms with E-state index < -0.39 is 4.92 Å². The van der Waals surface area contributed by atoms with E-state index in [9.17, 15) is 14.9 Å². The molecule has 0 spiro atoms. The van der Waals surface area contributed by atoms with Crippen molar-refractivity contribution in [2.75, 3.05) is 6.54 Å². The molecule has 0 saturated heterocycles. The monoisotopic (exact) mass is 490 g/mol. The highest BCUT2D eigenvalue weighted by atomic mass is 16.6. The predicted molar refractivity (Wildman–Crippen MR) is 140 cm³/mol. The van der Waals surface area contributed by atoms with E-state index in [0.29, 0.717) is 29.9 Å². The molecule has 7 atom stereocenters. The fourth-order valence-corrected chi connectivity index (χ4v) is 7.37. The topological polar surface area (TPSA) is 81.5 Å². The Hall–Kier alpha value is -2.89. The largest absolute Gasteiger partial charge is 0.482 e. The molecule has 36 heavy (non-hydrogen) atoms. The maximum atomic E-state index is 13.3. The van der Waals surface area contributed by atoms with E-state index in [1.165, 1.54) is 50.3 Å². The molecule has 192 valence electrons. The van der Waals surface area contributed by atoms with Crippen molar-refractivity contribution in [1.29, 1.82) is 0 Å². The molecule has 2 aromatic rings. The highest BCUT2D eigenvalue weighted by molar-refractivity contribution is 5.95. The highest BCUT2D eigenvalue weighted by Gasteiger charge is 2.62. The second-order valence-electron chi connectivity index (χ2n) is 11.7. The summed E-state index contributed by atoms with van der Waals surface area (Å²) in [6, 6.07) is 13.9. The first kappa shape index (κ1) is 24.8. The SMILES string of the molecule is CC1CCC2(CNC(=O)c3ccc([N+](=O)[O-])c(OCc4ccccc4)c3)C(CC2C2CCC2C)C1C. The van der Waals surface area contributed by atoms with Gasteiger partial charge in [0.2, 0.25) is 0 Å². The second-order valence-corrected chi connectivity index (χ2v) is 11.7. The zero-order valence-electron chi connectivity index (χ0n) is 21.6. The summed E-state index contributed by atoms with van der Waals surface area (Å²) in [5.74, 6) is 4.30. The summed E-state index contributed by atoms with van der Waals surface area (Å²) in [5.41, 5.74) is 1.37. The number of nitrogens with one attached hydrogen (secondary N) is 1. The Kier molecular flexibility index (Phi) is 6.80. The van der Waals surface area contributed by atoms with E-state index in [4.69, 9.17) is 4.74 Å². The molecule has 5 rings (SSSR count). The number of carbonyl (C=O) groups is 1. The van der Waals surface area contributed by atoms with Crippen LogP contribution in [0.5, 0.6) is 5.75 Å². The molecular weight excluding hydrogens is 452 g/mol. The summed E-state index contributed by atoms with van der Waals surface area (Å²) in [7, 11) is 0. The Morgan fingerprint density at radius 2 is 1.83 bits per heavy atom. The number of amides is 1. The number of hydrogen-bond donors (Lipinski definition) is 1. The van der Waals surface area contributed by atoms with Gasteiger partial charge in [-0.1, -0.05) is 57.5 Å². The van der Waals surface area contributed by atoms with Gasteiger partial charge in [-0.25, -0.2) is 0 Å². The lowest BCUT2D eigenvalue weighted by molar-refractivity contribution is -0.385. The zero-order chi connectivity index (χ0) is 25.4. The molecule has 0 bridgehead atoms. The number of benzene rings is 2. The van der Waals surface area contributed by atoms with Crippen molar-refractivity contribution in [3.8, 4) is 5.75 Å². The van der Waals surface area contributed by atoms with Gasteiger partial charge in [0.25, 0.3) is 5.91 Å². The van der Waals surface area contributed by atoms with Gasteiger partial charge in [-0.05, 0) is 78.2 Å². The van der Waals surface area contributed by atoms with Crippen molar-refractivity contribution in [3.05, 3.63) is 69.8 Å². The van der Waals surface area contributed by atoms with E-state index in [0.717, 1.165) is 23.3 Å². The van der Waals surface area contributed by atoms with Gasteiger partial charge in [0.15, 0.2) is 5.75 Å². The van der Waals surface area contributed by atoms with Crippen LogP contribution in [0.2, 0.25) is 0 Å². The van der Waals surface area contributed by atoms with Crippen molar-refractivity contribution in [2.24, 2.45) is 40.9 Å². The lowest BCUT2D eigenvalue weighted by atomic mass is 9.39. The van der Waals surface area contributed by atoms with Crippen molar-refractivity contribution in [2.45, 2.75) is 59.5 Å². The molecule has 0 aliphatic heterocycles. The summed E-state index contributed by atoms with van der Waals surface area (Å²) < 4.78 is 5.80. The fraction of sp³-hybridized carbons (Fsp3) is 0.567. The van der Waals surface area contributed by atoms with Crippen LogP contribution in [0.3, 0.4) is 0 Å². The van der Waals surface area contributed by atoms with Crippen molar-refractivity contribution < 1.29 is 14.5 Å². The average molecular weight is 491 g/mol. The maximum Gasteiger partial charge on any atom is 0.310 e. The Labute approximate surface area is 214 Å². The lowest BCUT2D eigenvalue weighted by Crippen LogP contribution is -2.63. The zero-order valence-corrected chi connectivity index (χ0v) is 21.6. The summed E-state index contributed by atoms with van der Waals surface area (Å²) in [5, 5.41) is 14.8. The molecule has 3 fully saturated rings. The number of carbonyl (C=O) groups excluding carboxylic acids is 1. The second kappa shape index (κ2) is 9.87. The molecule has 1 amide bonds. The van der Waals surface area contributed by atoms with Crippen LogP contribution in [0.1, 0.15) is 68.8 Å². The van der Waals surface area contributed by atoms with E-state index in [1.54, 1.807) is 0 Å². The minimum Gasteiger partial charge on any atom is -0.482 e. The van der Waals surface area contributed by atoms with Crippen molar-refractivity contribution in [3.63, 3.8) is 0 Å². The Morgan fingerprint density at radius 3 is 2.50 bits per heavy atom. The molecule has 6 heteroatoms. The number of nitro groups is 1. The fourth-order valence-electron chi connectivity index (χ4n) is 7.37. The number of ether oxygens (including phenoxy) is 1. The van der Waals surface area contributed by atoms with Gasteiger partial charge in [-0.3, -0.25) is 14.9 Å².